The van der Waals surface area contributed by atoms with Gasteiger partial charge in [0.05, 0.1) is 6.20 Å². The van der Waals surface area contributed by atoms with Gasteiger partial charge >= 0.3 is 6.03 Å². The van der Waals surface area contributed by atoms with Gasteiger partial charge in [-0.3, -0.25) is 4.68 Å². The molecule has 5 heteroatoms. The lowest BCUT2D eigenvalue weighted by atomic mass is 10.2. The van der Waals surface area contributed by atoms with Crippen LogP contribution >= 0.6 is 0 Å². The van der Waals surface area contributed by atoms with Crippen LogP contribution in [0.25, 0.3) is 0 Å². The summed E-state index contributed by atoms with van der Waals surface area (Å²) in [7, 11) is 1.89. The van der Waals surface area contributed by atoms with Gasteiger partial charge < -0.3 is 10.6 Å². The lowest BCUT2D eigenvalue weighted by Gasteiger charge is -2.04. The maximum Gasteiger partial charge on any atom is 0.315 e. The molecule has 1 saturated carbocycles. The number of hydrogen-bond acceptors (Lipinski definition) is 2. The average molecular weight is 208 g/mol. The fourth-order valence-electron chi connectivity index (χ4n) is 1.39. The van der Waals surface area contributed by atoms with Crippen LogP contribution in [0.4, 0.5) is 4.79 Å². The second-order valence-corrected chi connectivity index (χ2v) is 3.95. The Morgan fingerprint density at radius 1 is 1.67 bits per heavy atom. The first-order valence-corrected chi connectivity index (χ1v) is 5.26. The molecule has 1 aromatic rings. The van der Waals surface area contributed by atoms with Gasteiger partial charge in [-0.1, -0.05) is 0 Å². The molecule has 15 heavy (non-hydrogen) atoms. The van der Waals surface area contributed by atoms with E-state index in [0.29, 0.717) is 12.6 Å². The van der Waals surface area contributed by atoms with Crippen molar-refractivity contribution < 1.29 is 4.79 Å². The molecule has 1 aliphatic rings. The van der Waals surface area contributed by atoms with E-state index < -0.39 is 0 Å². The molecule has 0 bridgehead atoms. The molecule has 82 valence electrons. The second kappa shape index (κ2) is 4.33. The maximum atomic E-state index is 11.2. The Kier molecular flexibility index (Phi) is 2.89. The monoisotopic (exact) mass is 208 g/mol. The minimum atomic E-state index is -0.0543. The smallest absolute Gasteiger partial charge is 0.315 e. The van der Waals surface area contributed by atoms with Crippen LogP contribution in [0, 0.1) is 0 Å². The Hall–Kier alpha value is -1.52. The molecule has 1 heterocycles. The molecule has 0 spiro atoms. The summed E-state index contributed by atoms with van der Waals surface area (Å²) < 4.78 is 1.76. The third-order valence-electron chi connectivity index (χ3n) is 2.37. The molecular weight excluding hydrogens is 192 g/mol. The van der Waals surface area contributed by atoms with E-state index in [2.05, 4.69) is 15.7 Å². The lowest BCUT2D eigenvalue weighted by molar-refractivity contribution is 0.240. The minimum absolute atomic E-state index is 0.0543. The van der Waals surface area contributed by atoms with Crippen molar-refractivity contribution in [2.75, 3.05) is 6.54 Å². The zero-order chi connectivity index (χ0) is 10.7. The zero-order valence-electron chi connectivity index (χ0n) is 8.86. The van der Waals surface area contributed by atoms with E-state index in [1.165, 1.54) is 0 Å². The number of aryl methyl sites for hydroxylation is 1. The predicted molar refractivity (Wildman–Crippen MR) is 56.5 cm³/mol. The molecule has 1 fully saturated rings. The number of rotatable bonds is 4. The van der Waals surface area contributed by atoms with E-state index >= 15 is 0 Å². The highest BCUT2D eigenvalue weighted by molar-refractivity contribution is 5.74. The van der Waals surface area contributed by atoms with Crippen molar-refractivity contribution in [2.45, 2.75) is 25.3 Å². The number of nitrogens with one attached hydrogen (secondary N) is 2. The van der Waals surface area contributed by atoms with Crippen LogP contribution in [-0.2, 0) is 13.5 Å². The van der Waals surface area contributed by atoms with Crippen molar-refractivity contribution in [2.24, 2.45) is 7.05 Å². The molecule has 0 aromatic carbocycles. The van der Waals surface area contributed by atoms with Crippen LogP contribution in [0.2, 0.25) is 0 Å². The van der Waals surface area contributed by atoms with Crippen molar-refractivity contribution in [3.63, 3.8) is 0 Å². The van der Waals surface area contributed by atoms with Crippen LogP contribution < -0.4 is 10.6 Å². The molecule has 0 unspecified atom stereocenters. The molecule has 5 nitrogen and oxygen atoms in total. The Labute approximate surface area is 88.8 Å². The standard InChI is InChI=1S/C10H16N4O/c1-14-7-8(6-12-14)4-5-11-10(15)13-9-2-3-9/h6-7,9H,2-5H2,1H3,(H2,11,13,15). The Morgan fingerprint density at radius 3 is 3.07 bits per heavy atom. The predicted octanol–water partition coefficient (Wildman–Crippen LogP) is 0.424. The fraction of sp³-hybridized carbons (Fsp3) is 0.600. The first-order chi connectivity index (χ1) is 7.24. The normalized spacial score (nSPS) is 15.0. The number of carbonyl (C=O) groups excluding carboxylic acids is 1. The van der Waals surface area contributed by atoms with E-state index in [1.807, 2.05) is 19.4 Å². The SMILES string of the molecule is Cn1cc(CCNC(=O)NC2CC2)cn1. The van der Waals surface area contributed by atoms with Crippen molar-refractivity contribution >= 4 is 6.03 Å². The molecule has 1 aliphatic carbocycles. The summed E-state index contributed by atoms with van der Waals surface area (Å²) in [6, 6.07) is 0.366. The number of nitrogens with zero attached hydrogens (tertiary/aromatic N) is 2. The summed E-state index contributed by atoms with van der Waals surface area (Å²) in [6.07, 6.45) is 6.85. The second-order valence-electron chi connectivity index (χ2n) is 3.95. The number of amides is 2. The van der Waals surface area contributed by atoms with E-state index in [-0.39, 0.29) is 6.03 Å². The van der Waals surface area contributed by atoms with Crippen molar-refractivity contribution in [3.05, 3.63) is 18.0 Å². The quantitative estimate of drug-likeness (QED) is 0.753. The van der Waals surface area contributed by atoms with Crippen molar-refractivity contribution in [1.29, 1.82) is 0 Å². The highest BCUT2D eigenvalue weighted by atomic mass is 16.2. The van der Waals surface area contributed by atoms with Crippen molar-refractivity contribution in [3.8, 4) is 0 Å². The van der Waals surface area contributed by atoms with Gasteiger partial charge in [0.1, 0.15) is 0 Å². The number of hydrogen-bond donors (Lipinski definition) is 2. The van der Waals surface area contributed by atoms with E-state index in [0.717, 1.165) is 24.8 Å². The van der Waals surface area contributed by atoms with Gasteiger partial charge in [0, 0.05) is 25.8 Å². The Balaban J connectivity index is 1.63. The highest BCUT2D eigenvalue weighted by Crippen LogP contribution is 2.18. The van der Waals surface area contributed by atoms with Crippen LogP contribution in [0.15, 0.2) is 12.4 Å². The van der Waals surface area contributed by atoms with E-state index in [1.54, 1.807) is 4.68 Å². The van der Waals surface area contributed by atoms with Gasteiger partial charge in [-0.05, 0) is 24.8 Å². The van der Waals surface area contributed by atoms with Crippen LogP contribution in [0.3, 0.4) is 0 Å². The maximum absolute atomic E-state index is 11.2. The number of urea groups is 1. The van der Waals surface area contributed by atoms with Gasteiger partial charge in [-0.15, -0.1) is 0 Å². The summed E-state index contributed by atoms with van der Waals surface area (Å²) in [4.78, 5) is 11.2. The van der Waals surface area contributed by atoms with Crippen molar-refractivity contribution in [1.82, 2.24) is 20.4 Å². The van der Waals surface area contributed by atoms with Gasteiger partial charge in [-0.2, -0.15) is 5.10 Å². The van der Waals surface area contributed by atoms with Gasteiger partial charge in [-0.25, -0.2) is 4.79 Å². The van der Waals surface area contributed by atoms with Gasteiger partial charge in [0.15, 0.2) is 0 Å². The fourth-order valence-corrected chi connectivity index (χ4v) is 1.39. The molecule has 2 N–H and O–H groups in total. The molecule has 0 aliphatic heterocycles. The largest absolute Gasteiger partial charge is 0.338 e. The summed E-state index contributed by atoms with van der Waals surface area (Å²) in [5.74, 6) is 0. The Bertz CT molecular complexity index is 343. The summed E-state index contributed by atoms with van der Waals surface area (Å²) in [6.45, 7) is 0.657. The number of carbonyl (C=O) groups is 1. The topological polar surface area (TPSA) is 59.0 Å². The third kappa shape index (κ3) is 3.27. The summed E-state index contributed by atoms with van der Waals surface area (Å²) >= 11 is 0. The van der Waals surface area contributed by atoms with E-state index in [4.69, 9.17) is 0 Å². The molecule has 0 atom stereocenters. The first kappa shape index (κ1) is 10.0. The molecule has 1 aromatic heterocycles. The van der Waals surface area contributed by atoms with Crippen LogP contribution in [0.1, 0.15) is 18.4 Å². The van der Waals surface area contributed by atoms with Gasteiger partial charge in [0.2, 0.25) is 0 Å². The third-order valence-corrected chi connectivity index (χ3v) is 2.37. The molecular formula is C10H16N4O. The zero-order valence-corrected chi connectivity index (χ0v) is 8.86. The summed E-state index contributed by atoms with van der Waals surface area (Å²) in [5, 5.41) is 9.76. The molecule has 0 saturated heterocycles. The Morgan fingerprint density at radius 2 is 2.47 bits per heavy atom. The van der Waals surface area contributed by atoms with Crippen LogP contribution in [0.5, 0.6) is 0 Å². The van der Waals surface area contributed by atoms with Gasteiger partial charge in [0.25, 0.3) is 0 Å². The summed E-state index contributed by atoms with van der Waals surface area (Å²) in [5.41, 5.74) is 1.14. The molecule has 0 radical (unpaired) electrons. The molecule has 2 amide bonds. The van der Waals surface area contributed by atoms with Crippen LogP contribution in [-0.4, -0.2) is 28.4 Å². The first-order valence-electron chi connectivity index (χ1n) is 5.26. The lowest BCUT2D eigenvalue weighted by Crippen LogP contribution is -2.37. The molecule has 2 rings (SSSR count). The minimum Gasteiger partial charge on any atom is -0.338 e. The van der Waals surface area contributed by atoms with E-state index in [9.17, 15) is 4.79 Å². The number of aromatic nitrogens is 2. The average Bonchev–Trinajstić information content (AvgIpc) is 2.89. The highest BCUT2D eigenvalue weighted by Gasteiger charge is 2.22.